The summed E-state index contributed by atoms with van der Waals surface area (Å²) in [4.78, 5) is 23.8. The van der Waals surface area contributed by atoms with Crippen molar-refractivity contribution in [2.45, 2.75) is 6.61 Å². The highest BCUT2D eigenvalue weighted by Crippen LogP contribution is 2.29. The normalized spacial score (nSPS) is 10.8. The second kappa shape index (κ2) is 10.4. The fraction of sp³-hybridized carbons (Fsp3) is 0.158. The zero-order valence-electron chi connectivity index (χ0n) is 14.7. The van der Waals surface area contributed by atoms with E-state index in [1.165, 1.54) is 37.5 Å². The Morgan fingerprint density at radius 2 is 1.93 bits per heavy atom. The Kier molecular flexibility index (Phi) is 7.94. The highest BCUT2D eigenvalue weighted by molar-refractivity contribution is 9.10. The summed E-state index contributed by atoms with van der Waals surface area (Å²) in [7, 11) is 1.32. The SMILES string of the molecule is COc1cc(/C=C/C(=O)NCC(=O)Nc2ccccc2Br)ccc1OC(F)F. The number of halogens is 3. The van der Waals surface area contributed by atoms with E-state index in [-0.39, 0.29) is 24.0 Å². The van der Waals surface area contributed by atoms with Crippen LogP contribution in [0.3, 0.4) is 0 Å². The number of anilines is 1. The van der Waals surface area contributed by atoms with Crippen LogP contribution in [0.1, 0.15) is 5.56 Å². The number of hydrogen-bond acceptors (Lipinski definition) is 4. The lowest BCUT2D eigenvalue weighted by molar-refractivity contribution is -0.121. The van der Waals surface area contributed by atoms with Crippen LogP contribution < -0.4 is 20.1 Å². The van der Waals surface area contributed by atoms with Gasteiger partial charge >= 0.3 is 6.61 Å². The van der Waals surface area contributed by atoms with Gasteiger partial charge in [0.15, 0.2) is 11.5 Å². The molecule has 28 heavy (non-hydrogen) atoms. The van der Waals surface area contributed by atoms with Crippen LogP contribution in [0.15, 0.2) is 53.0 Å². The molecule has 2 aromatic rings. The van der Waals surface area contributed by atoms with Crippen LogP contribution in [0.4, 0.5) is 14.5 Å². The van der Waals surface area contributed by atoms with Gasteiger partial charge in [-0.2, -0.15) is 8.78 Å². The van der Waals surface area contributed by atoms with Crippen molar-refractivity contribution in [1.82, 2.24) is 5.32 Å². The minimum atomic E-state index is -2.97. The first-order valence-corrected chi connectivity index (χ1v) is 8.81. The second-order valence-corrected chi connectivity index (χ2v) is 6.22. The standard InChI is InChI=1S/C19H17BrF2N2O4/c1-27-16-10-12(6-8-15(16)28-19(21)22)7-9-17(25)23-11-18(26)24-14-5-3-2-4-13(14)20/h2-10,19H,11H2,1H3,(H,23,25)(H,24,26)/b9-7+. The van der Waals surface area contributed by atoms with Gasteiger partial charge in [-0.05, 0) is 51.8 Å². The number of carbonyl (C=O) groups is 2. The number of benzene rings is 2. The summed E-state index contributed by atoms with van der Waals surface area (Å²) < 4.78 is 34.7. The molecule has 0 aliphatic carbocycles. The maximum Gasteiger partial charge on any atom is 0.387 e. The second-order valence-electron chi connectivity index (χ2n) is 5.37. The molecule has 0 aliphatic heterocycles. The molecule has 148 valence electrons. The van der Waals surface area contributed by atoms with E-state index in [4.69, 9.17) is 4.74 Å². The fourth-order valence-electron chi connectivity index (χ4n) is 2.14. The number of carbonyl (C=O) groups excluding carboxylic acids is 2. The first-order valence-electron chi connectivity index (χ1n) is 8.02. The van der Waals surface area contributed by atoms with Gasteiger partial charge in [-0.15, -0.1) is 0 Å². The van der Waals surface area contributed by atoms with Crippen LogP contribution in [-0.2, 0) is 9.59 Å². The van der Waals surface area contributed by atoms with E-state index >= 15 is 0 Å². The van der Waals surface area contributed by atoms with Crippen molar-refractivity contribution in [3.63, 3.8) is 0 Å². The molecule has 0 atom stereocenters. The van der Waals surface area contributed by atoms with E-state index in [1.807, 2.05) is 6.07 Å². The third-order valence-electron chi connectivity index (χ3n) is 3.40. The minimum absolute atomic E-state index is 0.107. The van der Waals surface area contributed by atoms with Gasteiger partial charge in [-0.3, -0.25) is 9.59 Å². The van der Waals surface area contributed by atoms with E-state index in [0.29, 0.717) is 11.3 Å². The Labute approximate surface area is 168 Å². The first kappa shape index (κ1) is 21.4. The zero-order chi connectivity index (χ0) is 20.5. The molecule has 6 nitrogen and oxygen atoms in total. The smallest absolute Gasteiger partial charge is 0.387 e. The summed E-state index contributed by atoms with van der Waals surface area (Å²) in [5, 5.41) is 5.11. The van der Waals surface area contributed by atoms with Crippen molar-refractivity contribution < 1.29 is 27.8 Å². The summed E-state index contributed by atoms with van der Waals surface area (Å²) >= 11 is 3.31. The molecule has 0 saturated heterocycles. The van der Waals surface area contributed by atoms with E-state index < -0.39 is 12.5 Å². The summed E-state index contributed by atoms with van der Waals surface area (Å²) in [6, 6.07) is 11.3. The number of amides is 2. The van der Waals surface area contributed by atoms with Crippen molar-refractivity contribution in [2.24, 2.45) is 0 Å². The van der Waals surface area contributed by atoms with Gasteiger partial charge in [0.2, 0.25) is 11.8 Å². The van der Waals surface area contributed by atoms with Crippen molar-refractivity contribution in [3.8, 4) is 11.5 Å². The Morgan fingerprint density at radius 3 is 2.61 bits per heavy atom. The minimum Gasteiger partial charge on any atom is -0.493 e. The van der Waals surface area contributed by atoms with E-state index in [1.54, 1.807) is 18.2 Å². The lowest BCUT2D eigenvalue weighted by atomic mass is 10.2. The molecule has 2 rings (SSSR count). The molecule has 0 aromatic heterocycles. The third-order valence-corrected chi connectivity index (χ3v) is 4.09. The van der Waals surface area contributed by atoms with Crippen molar-refractivity contribution in [3.05, 3.63) is 58.6 Å². The molecule has 9 heteroatoms. The molecular weight excluding hydrogens is 438 g/mol. The highest BCUT2D eigenvalue weighted by atomic mass is 79.9. The van der Waals surface area contributed by atoms with Crippen LogP contribution in [0.25, 0.3) is 6.08 Å². The maximum atomic E-state index is 12.3. The summed E-state index contributed by atoms with van der Waals surface area (Å²) in [6.07, 6.45) is 2.67. The molecule has 2 N–H and O–H groups in total. The van der Waals surface area contributed by atoms with Crippen molar-refractivity contribution in [1.29, 1.82) is 0 Å². The van der Waals surface area contributed by atoms with Gasteiger partial charge < -0.3 is 20.1 Å². The number of alkyl halides is 2. The number of methoxy groups -OCH3 is 1. The van der Waals surface area contributed by atoms with Gasteiger partial charge in [0.1, 0.15) is 0 Å². The van der Waals surface area contributed by atoms with Gasteiger partial charge in [0.25, 0.3) is 0 Å². The molecule has 0 bridgehead atoms. The molecule has 0 radical (unpaired) electrons. The lowest BCUT2D eigenvalue weighted by Gasteiger charge is -2.10. The maximum absolute atomic E-state index is 12.3. The number of ether oxygens (including phenoxy) is 2. The molecule has 0 unspecified atom stereocenters. The van der Waals surface area contributed by atoms with Crippen LogP contribution in [0.2, 0.25) is 0 Å². The largest absolute Gasteiger partial charge is 0.493 e. The van der Waals surface area contributed by atoms with E-state index in [2.05, 4.69) is 31.3 Å². The molecule has 0 saturated carbocycles. The average molecular weight is 455 g/mol. The summed E-state index contributed by atoms with van der Waals surface area (Å²) in [5.74, 6) is -0.878. The fourth-order valence-corrected chi connectivity index (χ4v) is 2.52. The predicted octanol–water partition coefficient (Wildman–Crippen LogP) is 3.83. The Morgan fingerprint density at radius 1 is 1.18 bits per heavy atom. The quantitative estimate of drug-likeness (QED) is 0.594. The molecule has 0 fully saturated rings. The molecule has 0 spiro atoms. The van der Waals surface area contributed by atoms with Crippen LogP contribution >= 0.6 is 15.9 Å². The van der Waals surface area contributed by atoms with Gasteiger partial charge in [0.05, 0.1) is 19.3 Å². The molecule has 2 aromatic carbocycles. The number of para-hydroxylation sites is 1. The van der Waals surface area contributed by atoms with Gasteiger partial charge in [0, 0.05) is 10.5 Å². The van der Waals surface area contributed by atoms with Crippen molar-refractivity contribution in [2.75, 3.05) is 19.0 Å². The van der Waals surface area contributed by atoms with Crippen LogP contribution in [0.5, 0.6) is 11.5 Å². The molecule has 0 aliphatic rings. The zero-order valence-corrected chi connectivity index (χ0v) is 16.3. The highest BCUT2D eigenvalue weighted by Gasteiger charge is 2.10. The predicted molar refractivity (Wildman–Crippen MR) is 104 cm³/mol. The summed E-state index contributed by atoms with van der Waals surface area (Å²) in [5.41, 5.74) is 1.13. The molecule has 2 amide bonds. The average Bonchev–Trinajstić information content (AvgIpc) is 2.67. The Balaban J connectivity index is 1.89. The topological polar surface area (TPSA) is 76.7 Å². The monoisotopic (exact) mass is 454 g/mol. The number of nitrogens with one attached hydrogen (secondary N) is 2. The Hall–Kier alpha value is -2.94. The summed E-state index contributed by atoms with van der Waals surface area (Å²) in [6.45, 7) is -3.18. The molecule has 0 heterocycles. The number of rotatable bonds is 8. The first-order chi connectivity index (χ1) is 13.4. The van der Waals surface area contributed by atoms with E-state index in [0.717, 1.165) is 4.47 Å². The lowest BCUT2D eigenvalue weighted by Crippen LogP contribution is -2.31. The van der Waals surface area contributed by atoms with Gasteiger partial charge in [-0.25, -0.2) is 0 Å². The van der Waals surface area contributed by atoms with Crippen LogP contribution in [0, 0.1) is 0 Å². The third kappa shape index (κ3) is 6.66. The van der Waals surface area contributed by atoms with Crippen LogP contribution in [-0.4, -0.2) is 32.1 Å². The van der Waals surface area contributed by atoms with Gasteiger partial charge in [-0.1, -0.05) is 18.2 Å². The Bertz CT molecular complexity index is 875. The number of hydrogen-bond donors (Lipinski definition) is 2. The van der Waals surface area contributed by atoms with E-state index in [9.17, 15) is 18.4 Å². The van der Waals surface area contributed by atoms with Crippen molar-refractivity contribution >= 4 is 39.5 Å². The molecular formula is C19H17BrF2N2O4.